The lowest BCUT2D eigenvalue weighted by atomic mass is 9.85. The minimum Gasteiger partial charge on any atom is -0.411 e. The highest BCUT2D eigenvalue weighted by Gasteiger charge is 2.16. The Balaban J connectivity index is 2.38. The molecule has 2 heteroatoms. The fourth-order valence-electron chi connectivity index (χ4n) is 2.12. The zero-order chi connectivity index (χ0) is 12.0. The smallest absolute Gasteiger partial charge is 0.0574 e. The van der Waals surface area contributed by atoms with Gasteiger partial charge in [0.1, 0.15) is 0 Å². The van der Waals surface area contributed by atoms with Gasteiger partial charge in [0.15, 0.2) is 0 Å². The molecule has 0 aromatic heterocycles. The third-order valence-corrected chi connectivity index (χ3v) is 3.27. The van der Waals surface area contributed by atoms with Crippen molar-refractivity contribution in [3.8, 4) is 0 Å². The predicted octanol–water partition coefficient (Wildman–Crippen LogP) is 4.31. The molecule has 0 aliphatic heterocycles. The van der Waals surface area contributed by atoms with Crippen molar-refractivity contribution in [2.45, 2.75) is 52.9 Å². The Morgan fingerprint density at radius 3 is 2.75 bits per heavy atom. The van der Waals surface area contributed by atoms with E-state index in [1.807, 2.05) is 6.92 Å². The molecule has 1 atom stereocenters. The first kappa shape index (κ1) is 13.0. The van der Waals surface area contributed by atoms with Crippen LogP contribution in [0.25, 0.3) is 0 Å². The van der Waals surface area contributed by atoms with Gasteiger partial charge in [-0.1, -0.05) is 28.5 Å². The van der Waals surface area contributed by atoms with E-state index in [4.69, 9.17) is 5.21 Å². The van der Waals surface area contributed by atoms with Crippen molar-refractivity contribution in [3.63, 3.8) is 0 Å². The molecule has 16 heavy (non-hydrogen) atoms. The molecule has 0 bridgehead atoms. The fraction of sp³-hybridized carbons (Fsp3) is 0.643. The van der Waals surface area contributed by atoms with Gasteiger partial charge in [0.25, 0.3) is 0 Å². The van der Waals surface area contributed by atoms with Crippen molar-refractivity contribution in [2.75, 3.05) is 0 Å². The van der Waals surface area contributed by atoms with Crippen molar-refractivity contribution < 1.29 is 5.21 Å². The first-order valence-corrected chi connectivity index (χ1v) is 6.13. The van der Waals surface area contributed by atoms with Crippen LogP contribution in [0.5, 0.6) is 0 Å². The van der Waals surface area contributed by atoms with Gasteiger partial charge in [0.05, 0.1) is 5.71 Å². The summed E-state index contributed by atoms with van der Waals surface area (Å²) in [6.45, 7) is 6.20. The van der Waals surface area contributed by atoms with E-state index in [1.54, 1.807) is 5.57 Å². The molecule has 0 saturated carbocycles. The van der Waals surface area contributed by atoms with Gasteiger partial charge >= 0.3 is 0 Å². The second-order valence-corrected chi connectivity index (χ2v) is 4.90. The zero-order valence-corrected chi connectivity index (χ0v) is 10.7. The van der Waals surface area contributed by atoms with Crippen LogP contribution >= 0.6 is 0 Å². The van der Waals surface area contributed by atoms with Crippen LogP contribution < -0.4 is 0 Å². The topological polar surface area (TPSA) is 32.6 Å². The van der Waals surface area contributed by atoms with E-state index in [-0.39, 0.29) is 0 Å². The summed E-state index contributed by atoms with van der Waals surface area (Å²) in [5.41, 5.74) is 3.84. The van der Waals surface area contributed by atoms with Gasteiger partial charge in [-0.05, 0) is 52.9 Å². The van der Waals surface area contributed by atoms with Crippen molar-refractivity contribution in [3.05, 3.63) is 23.3 Å². The first-order valence-electron chi connectivity index (χ1n) is 6.13. The van der Waals surface area contributed by atoms with Crippen molar-refractivity contribution in [1.82, 2.24) is 0 Å². The summed E-state index contributed by atoms with van der Waals surface area (Å²) in [6, 6.07) is 0. The van der Waals surface area contributed by atoms with Crippen LogP contribution in [-0.2, 0) is 0 Å². The molecule has 1 rings (SSSR count). The molecular weight excluding hydrogens is 198 g/mol. The zero-order valence-electron chi connectivity index (χ0n) is 10.7. The number of nitrogens with zero attached hydrogens (tertiary/aromatic N) is 1. The predicted molar refractivity (Wildman–Crippen MR) is 69.0 cm³/mol. The van der Waals surface area contributed by atoms with Crippen molar-refractivity contribution in [1.29, 1.82) is 0 Å². The van der Waals surface area contributed by atoms with E-state index in [0.717, 1.165) is 31.4 Å². The Morgan fingerprint density at radius 2 is 2.25 bits per heavy atom. The second-order valence-electron chi connectivity index (χ2n) is 4.90. The Bertz CT molecular complexity index is 309. The summed E-state index contributed by atoms with van der Waals surface area (Å²) in [6.07, 6.45) is 10.3. The van der Waals surface area contributed by atoms with Gasteiger partial charge in [0, 0.05) is 5.92 Å². The van der Waals surface area contributed by atoms with Crippen molar-refractivity contribution >= 4 is 5.71 Å². The Labute approximate surface area is 98.7 Å². The lowest BCUT2D eigenvalue weighted by molar-refractivity contribution is 0.313. The normalized spacial score (nSPS) is 21.6. The minimum absolute atomic E-state index is 0.456. The molecule has 0 heterocycles. The van der Waals surface area contributed by atoms with Gasteiger partial charge in [-0.3, -0.25) is 0 Å². The quantitative estimate of drug-likeness (QED) is 0.326. The molecule has 0 radical (unpaired) electrons. The highest BCUT2D eigenvalue weighted by Crippen LogP contribution is 2.27. The van der Waals surface area contributed by atoms with Gasteiger partial charge < -0.3 is 5.21 Å². The lowest BCUT2D eigenvalue weighted by Crippen LogP contribution is -2.14. The van der Waals surface area contributed by atoms with E-state index in [2.05, 4.69) is 31.2 Å². The molecule has 0 fully saturated rings. The Kier molecular flexibility index (Phi) is 5.30. The molecule has 0 aromatic rings. The summed E-state index contributed by atoms with van der Waals surface area (Å²) < 4.78 is 0. The summed E-state index contributed by atoms with van der Waals surface area (Å²) >= 11 is 0. The number of oxime groups is 1. The van der Waals surface area contributed by atoms with Gasteiger partial charge in [-0.25, -0.2) is 0 Å². The highest BCUT2D eigenvalue weighted by molar-refractivity contribution is 5.84. The van der Waals surface area contributed by atoms with E-state index in [0.29, 0.717) is 5.92 Å². The van der Waals surface area contributed by atoms with Crippen LogP contribution in [0, 0.1) is 5.92 Å². The van der Waals surface area contributed by atoms with E-state index >= 15 is 0 Å². The molecule has 1 aliphatic rings. The van der Waals surface area contributed by atoms with Crippen LogP contribution in [-0.4, -0.2) is 10.9 Å². The van der Waals surface area contributed by atoms with Crippen LogP contribution in [0.2, 0.25) is 0 Å². The van der Waals surface area contributed by atoms with Gasteiger partial charge in [-0.15, -0.1) is 0 Å². The molecule has 0 spiro atoms. The maximum Gasteiger partial charge on any atom is 0.0574 e. The SMILES string of the molecule is CC(C)=CCCC1=CC[C@@H](/C(C)=N/O)CC1. The third kappa shape index (κ3) is 4.21. The first-order chi connectivity index (χ1) is 7.63. The molecule has 0 saturated heterocycles. The Morgan fingerprint density at radius 1 is 1.50 bits per heavy atom. The van der Waals surface area contributed by atoms with Gasteiger partial charge in [-0.2, -0.15) is 0 Å². The molecule has 1 N–H and O–H groups in total. The number of allylic oxidation sites excluding steroid dienone is 4. The maximum absolute atomic E-state index is 8.71. The van der Waals surface area contributed by atoms with E-state index in [9.17, 15) is 0 Å². The highest BCUT2D eigenvalue weighted by atomic mass is 16.4. The average molecular weight is 221 g/mol. The van der Waals surface area contributed by atoms with Crippen LogP contribution in [0.15, 0.2) is 28.5 Å². The van der Waals surface area contributed by atoms with Crippen LogP contribution in [0.1, 0.15) is 52.9 Å². The fourth-order valence-corrected chi connectivity index (χ4v) is 2.12. The largest absolute Gasteiger partial charge is 0.411 e. The lowest BCUT2D eigenvalue weighted by Gasteiger charge is -2.20. The standard InChI is InChI=1S/C14H23NO/c1-11(2)5-4-6-13-7-9-14(10-8-13)12(3)15-16/h5,7,14,16H,4,6,8-10H2,1-3H3/b15-12+/t14-/m1/s1. The number of rotatable bonds is 4. The number of hydrogen-bond acceptors (Lipinski definition) is 2. The average Bonchev–Trinajstić information content (AvgIpc) is 2.28. The molecule has 1 aliphatic carbocycles. The van der Waals surface area contributed by atoms with E-state index < -0.39 is 0 Å². The molecule has 0 amide bonds. The van der Waals surface area contributed by atoms with E-state index in [1.165, 1.54) is 12.0 Å². The molecule has 2 nitrogen and oxygen atoms in total. The van der Waals surface area contributed by atoms with Gasteiger partial charge in [0.2, 0.25) is 0 Å². The van der Waals surface area contributed by atoms with Crippen LogP contribution in [0.3, 0.4) is 0 Å². The minimum atomic E-state index is 0.456. The maximum atomic E-state index is 8.71. The summed E-state index contributed by atoms with van der Waals surface area (Å²) in [7, 11) is 0. The summed E-state index contributed by atoms with van der Waals surface area (Å²) in [5.74, 6) is 0.456. The number of hydrogen-bond donors (Lipinski definition) is 1. The monoisotopic (exact) mass is 221 g/mol. The van der Waals surface area contributed by atoms with Crippen molar-refractivity contribution in [2.24, 2.45) is 11.1 Å². The molecule has 0 unspecified atom stereocenters. The van der Waals surface area contributed by atoms with Crippen LogP contribution in [0.4, 0.5) is 0 Å². The second kappa shape index (κ2) is 6.51. The molecular formula is C14H23NO. The third-order valence-electron chi connectivity index (χ3n) is 3.27. The summed E-state index contributed by atoms with van der Waals surface area (Å²) in [5, 5.41) is 12.0. The Hall–Kier alpha value is -1.05. The molecule has 90 valence electrons. The molecule has 0 aromatic carbocycles. The summed E-state index contributed by atoms with van der Waals surface area (Å²) in [4.78, 5) is 0.